The van der Waals surface area contributed by atoms with E-state index in [0.717, 1.165) is 12.8 Å². The van der Waals surface area contributed by atoms with Crippen LogP contribution in [0.2, 0.25) is 0 Å². The molecule has 2 heteroatoms. The molecular weight excluding hydrogens is 334 g/mol. The van der Waals surface area contributed by atoms with Gasteiger partial charge in [-0.2, -0.15) is 0 Å². The second kappa shape index (κ2) is 5.33. The van der Waals surface area contributed by atoms with Crippen LogP contribution in [-0.2, 0) is 6.42 Å². The predicted octanol–water partition coefficient (Wildman–Crippen LogP) is 6.96. The lowest BCUT2D eigenvalue weighted by molar-refractivity contribution is 1.01. The van der Waals surface area contributed by atoms with E-state index < -0.39 is 0 Å². The van der Waals surface area contributed by atoms with Crippen molar-refractivity contribution in [2.75, 3.05) is 0 Å². The number of hydrogen-bond donors (Lipinski definition) is 0. The van der Waals surface area contributed by atoms with Crippen molar-refractivity contribution in [3.63, 3.8) is 0 Å². The number of hydrogen-bond acceptors (Lipinski definition) is 1. The van der Waals surface area contributed by atoms with Gasteiger partial charge >= 0.3 is 0 Å². The summed E-state index contributed by atoms with van der Waals surface area (Å²) in [5.41, 5.74) is 5.39. The molecule has 5 aromatic rings. The maximum atomic E-state index is 2.44. The molecule has 26 heavy (non-hydrogen) atoms. The number of fused-ring (bicyclic) bond motifs is 7. The standard InChI is InChI=1S/C24H17NS/c1-2-8-16(9-3-1)25-21-12-6-4-10-17(21)19-14-15-20-18-11-5-7-13-22(18)26-24(20)23(19)25/h1-4,6-10,12-15H,5,11H2. The van der Waals surface area contributed by atoms with Crippen LogP contribution >= 0.6 is 11.3 Å². The second-order valence-corrected chi connectivity index (χ2v) is 7.96. The van der Waals surface area contributed by atoms with Crippen molar-refractivity contribution in [3.05, 3.63) is 83.2 Å². The molecular formula is C24H17NS. The molecule has 2 aromatic heterocycles. The molecule has 0 atom stereocenters. The molecule has 3 aromatic carbocycles. The lowest BCUT2D eigenvalue weighted by Gasteiger charge is -2.08. The molecule has 1 aliphatic rings. The lowest BCUT2D eigenvalue weighted by atomic mass is 10.0. The Bertz CT molecular complexity index is 1320. The van der Waals surface area contributed by atoms with E-state index in [2.05, 4.69) is 83.4 Å². The first kappa shape index (κ1) is 14.3. The lowest BCUT2D eigenvalue weighted by Crippen LogP contribution is -1.93. The van der Waals surface area contributed by atoms with E-state index in [-0.39, 0.29) is 0 Å². The van der Waals surface area contributed by atoms with Crippen molar-refractivity contribution >= 4 is 49.3 Å². The Hall–Kier alpha value is -2.84. The molecule has 0 N–H and O–H groups in total. The molecule has 2 heterocycles. The summed E-state index contributed by atoms with van der Waals surface area (Å²) in [6.45, 7) is 0. The third kappa shape index (κ3) is 1.85. The molecule has 0 saturated heterocycles. The molecule has 124 valence electrons. The number of thiophene rings is 1. The summed E-state index contributed by atoms with van der Waals surface area (Å²) in [4.78, 5) is 1.43. The van der Waals surface area contributed by atoms with Crippen molar-refractivity contribution in [2.24, 2.45) is 0 Å². The van der Waals surface area contributed by atoms with Gasteiger partial charge in [0.15, 0.2) is 0 Å². The molecule has 1 nitrogen and oxygen atoms in total. The summed E-state index contributed by atoms with van der Waals surface area (Å²) < 4.78 is 3.86. The van der Waals surface area contributed by atoms with Gasteiger partial charge in [0, 0.05) is 21.3 Å². The minimum atomic E-state index is 1.15. The zero-order chi connectivity index (χ0) is 17.1. The number of rotatable bonds is 1. The number of para-hydroxylation sites is 2. The van der Waals surface area contributed by atoms with Crippen LogP contribution in [0.3, 0.4) is 0 Å². The number of allylic oxidation sites excluding steroid dienone is 1. The number of benzene rings is 3. The van der Waals surface area contributed by atoms with Crippen molar-refractivity contribution in [1.29, 1.82) is 0 Å². The fourth-order valence-corrected chi connectivity index (χ4v) is 5.65. The summed E-state index contributed by atoms with van der Waals surface area (Å²) >= 11 is 1.95. The average Bonchev–Trinajstić information content (AvgIpc) is 3.24. The molecule has 0 radical (unpaired) electrons. The van der Waals surface area contributed by atoms with Crippen LogP contribution in [0.1, 0.15) is 16.9 Å². The Balaban J connectivity index is 1.87. The average molecular weight is 351 g/mol. The third-order valence-electron chi connectivity index (χ3n) is 5.47. The molecule has 0 unspecified atom stereocenters. The Labute approximate surface area is 155 Å². The topological polar surface area (TPSA) is 4.93 Å². The molecule has 0 aliphatic heterocycles. The summed E-state index contributed by atoms with van der Waals surface area (Å²) in [5.74, 6) is 0. The Morgan fingerprint density at radius 2 is 1.58 bits per heavy atom. The summed E-state index contributed by atoms with van der Waals surface area (Å²) in [7, 11) is 0. The van der Waals surface area contributed by atoms with Crippen LogP contribution in [-0.4, -0.2) is 4.57 Å². The van der Waals surface area contributed by atoms with Gasteiger partial charge in [0.25, 0.3) is 0 Å². The molecule has 1 aliphatic carbocycles. The normalized spacial score (nSPS) is 13.7. The van der Waals surface area contributed by atoms with Crippen LogP contribution in [0.5, 0.6) is 0 Å². The first-order valence-electron chi connectivity index (χ1n) is 9.11. The summed E-state index contributed by atoms with van der Waals surface area (Å²) in [5, 5.41) is 4.11. The first-order chi connectivity index (χ1) is 12.9. The molecule has 6 rings (SSSR count). The number of nitrogens with zero attached hydrogens (tertiary/aromatic N) is 1. The molecule has 0 saturated carbocycles. The zero-order valence-corrected chi connectivity index (χ0v) is 15.1. The quantitative estimate of drug-likeness (QED) is 0.308. The van der Waals surface area contributed by atoms with Gasteiger partial charge in [0.1, 0.15) is 0 Å². The fourth-order valence-electron chi connectivity index (χ4n) is 4.33. The monoisotopic (exact) mass is 351 g/mol. The van der Waals surface area contributed by atoms with Gasteiger partial charge in [-0.1, -0.05) is 54.6 Å². The Morgan fingerprint density at radius 3 is 2.50 bits per heavy atom. The van der Waals surface area contributed by atoms with E-state index in [0.29, 0.717) is 0 Å². The predicted molar refractivity (Wildman–Crippen MR) is 114 cm³/mol. The largest absolute Gasteiger partial charge is 0.308 e. The van der Waals surface area contributed by atoms with E-state index in [1.807, 2.05) is 11.3 Å². The van der Waals surface area contributed by atoms with Crippen LogP contribution < -0.4 is 0 Å². The minimum Gasteiger partial charge on any atom is -0.308 e. The highest BCUT2D eigenvalue weighted by Gasteiger charge is 2.19. The SMILES string of the molecule is C1=Cc2sc3c(ccc4c5ccccc5n(-c5ccccc5)c43)c2CC1. The first-order valence-corrected chi connectivity index (χ1v) is 9.93. The number of aromatic nitrogens is 1. The highest BCUT2D eigenvalue weighted by Crippen LogP contribution is 2.43. The number of aryl methyl sites for hydroxylation is 1. The minimum absolute atomic E-state index is 1.15. The van der Waals surface area contributed by atoms with Gasteiger partial charge in [-0.15, -0.1) is 11.3 Å². The molecule has 0 spiro atoms. The van der Waals surface area contributed by atoms with Crippen molar-refractivity contribution in [2.45, 2.75) is 12.8 Å². The smallest absolute Gasteiger partial charge is 0.0719 e. The van der Waals surface area contributed by atoms with E-state index in [9.17, 15) is 0 Å². The van der Waals surface area contributed by atoms with Gasteiger partial charge < -0.3 is 4.57 Å². The van der Waals surface area contributed by atoms with Crippen LogP contribution in [0.15, 0.2) is 72.8 Å². The van der Waals surface area contributed by atoms with Crippen LogP contribution in [0.25, 0.3) is 43.7 Å². The second-order valence-electron chi connectivity index (χ2n) is 6.91. The maximum Gasteiger partial charge on any atom is 0.0719 e. The Kier molecular flexibility index (Phi) is 2.94. The fraction of sp³-hybridized carbons (Fsp3) is 0.0833. The van der Waals surface area contributed by atoms with E-state index in [1.165, 1.54) is 48.0 Å². The van der Waals surface area contributed by atoms with Crippen molar-refractivity contribution in [1.82, 2.24) is 4.57 Å². The van der Waals surface area contributed by atoms with E-state index in [4.69, 9.17) is 0 Å². The molecule has 0 bridgehead atoms. The highest BCUT2D eigenvalue weighted by atomic mass is 32.1. The molecule has 0 amide bonds. The van der Waals surface area contributed by atoms with Crippen molar-refractivity contribution in [3.8, 4) is 5.69 Å². The third-order valence-corrected chi connectivity index (χ3v) is 6.69. The van der Waals surface area contributed by atoms with Gasteiger partial charge in [0.2, 0.25) is 0 Å². The zero-order valence-electron chi connectivity index (χ0n) is 14.3. The Morgan fingerprint density at radius 1 is 0.769 bits per heavy atom. The van der Waals surface area contributed by atoms with Crippen LogP contribution in [0, 0.1) is 0 Å². The van der Waals surface area contributed by atoms with Gasteiger partial charge in [-0.3, -0.25) is 0 Å². The van der Waals surface area contributed by atoms with Crippen molar-refractivity contribution < 1.29 is 0 Å². The van der Waals surface area contributed by atoms with E-state index in [1.54, 1.807) is 0 Å². The summed E-state index contributed by atoms with van der Waals surface area (Å²) in [6, 6.07) is 24.2. The van der Waals surface area contributed by atoms with E-state index >= 15 is 0 Å². The van der Waals surface area contributed by atoms with Crippen LogP contribution in [0.4, 0.5) is 0 Å². The highest BCUT2D eigenvalue weighted by molar-refractivity contribution is 7.21. The van der Waals surface area contributed by atoms with Gasteiger partial charge in [0.05, 0.1) is 15.7 Å². The molecule has 0 fully saturated rings. The summed E-state index contributed by atoms with van der Waals surface area (Å²) in [6.07, 6.45) is 6.92. The van der Waals surface area contributed by atoms with Gasteiger partial charge in [-0.05, 0) is 48.1 Å². The maximum absolute atomic E-state index is 2.44. The van der Waals surface area contributed by atoms with Gasteiger partial charge in [-0.25, -0.2) is 0 Å².